The van der Waals surface area contributed by atoms with Crippen molar-refractivity contribution in [1.29, 1.82) is 0 Å². The van der Waals surface area contributed by atoms with Gasteiger partial charge in [-0.2, -0.15) is 0 Å². The Morgan fingerprint density at radius 2 is 1.34 bits per heavy atom. The van der Waals surface area contributed by atoms with Gasteiger partial charge < -0.3 is 21.3 Å². The maximum Gasteiger partial charge on any atom is 0.292 e. The van der Waals surface area contributed by atoms with Crippen LogP contribution in [0.5, 0.6) is 11.5 Å². The SMILES string of the molecule is COc1cc(C(N)=O)cc([N+](=O)[O-])c1Cl.NC(=O)c1cc(O)c(Cl)c([N+](=O)[O-])c1. The number of benzene rings is 2. The molecule has 2 rings (SSSR count). The topological polar surface area (TPSA) is 202 Å². The molecule has 0 aliphatic heterocycles. The minimum Gasteiger partial charge on any atom is -0.506 e. The van der Waals surface area contributed by atoms with Crippen LogP contribution in [-0.2, 0) is 0 Å². The van der Waals surface area contributed by atoms with E-state index in [4.69, 9.17) is 44.5 Å². The van der Waals surface area contributed by atoms with E-state index in [0.29, 0.717) is 0 Å². The number of ether oxygens (including phenoxy) is 1. The van der Waals surface area contributed by atoms with Gasteiger partial charge in [0, 0.05) is 23.3 Å². The van der Waals surface area contributed by atoms with Crippen LogP contribution in [0.4, 0.5) is 11.4 Å². The van der Waals surface area contributed by atoms with Crippen molar-refractivity contribution < 1.29 is 29.3 Å². The number of primary amides is 2. The largest absolute Gasteiger partial charge is 0.506 e. The van der Waals surface area contributed by atoms with Crippen LogP contribution in [0.2, 0.25) is 10.0 Å². The fourth-order valence-electron chi connectivity index (χ4n) is 1.88. The third-order valence-corrected chi connectivity index (χ3v) is 4.00. The van der Waals surface area contributed by atoms with E-state index in [9.17, 15) is 29.8 Å². The lowest BCUT2D eigenvalue weighted by molar-refractivity contribution is -0.384. The van der Waals surface area contributed by atoms with E-state index in [-0.39, 0.29) is 21.9 Å². The highest BCUT2D eigenvalue weighted by Gasteiger charge is 2.21. The second-order valence-corrected chi connectivity index (χ2v) is 5.84. The Morgan fingerprint density at radius 3 is 1.72 bits per heavy atom. The van der Waals surface area contributed by atoms with Gasteiger partial charge in [0.15, 0.2) is 10.0 Å². The molecule has 0 saturated heterocycles. The molecule has 0 atom stereocenters. The van der Waals surface area contributed by atoms with Crippen molar-refractivity contribution in [2.24, 2.45) is 11.5 Å². The number of phenolic OH excluding ortho intramolecular Hbond substituents is 1. The maximum atomic E-state index is 10.9. The number of rotatable bonds is 5. The Hall–Kier alpha value is -3.64. The second-order valence-electron chi connectivity index (χ2n) is 5.08. The van der Waals surface area contributed by atoms with E-state index in [0.717, 1.165) is 18.2 Å². The number of phenols is 1. The van der Waals surface area contributed by atoms with E-state index < -0.39 is 43.8 Å². The fourth-order valence-corrected chi connectivity index (χ4v) is 2.31. The molecule has 29 heavy (non-hydrogen) atoms. The van der Waals surface area contributed by atoms with Gasteiger partial charge in [-0.05, 0) is 12.1 Å². The molecule has 2 aromatic carbocycles. The van der Waals surface area contributed by atoms with Gasteiger partial charge in [0.05, 0.1) is 17.0 Å². The van der Waals surface area contributed by atoms with Crippen LogP contribution in [-0.4, -0.2) is 33.9 Å². The van der Waals surface area contributed by atoms with E-state index in [2.05, 4.69) is 0 Å². The van der Waals surface area contributed by atoms with Crippen LogP contribution in [0, 0.1) is 20.2 Å². The molecule has 12 nitrogen and oxygen atoms in total. The molecule has 0 saturated carbocycles. The highest BCUT2D eigenvalue weighted by atomic mass is 35.5. The molecule has 2 amide bonds. The molecule has 2 aromatic rings. The molecule has 0 aliphatic rings. The van der Waals surface area contributed by atoms with Crippen LogP contribution < -0.4 is 16.2 Å². The predicted molar refractivity (Wildman–Crippen MR) is 101 cm³/mol. The van der Waals surface area contributed by atoms with E-state index in [1.165, 1.54) is 13.2 Å². The summed E-state index contributed by atoms with van der Waals surface area (Å²) in [5, 5.41) is 29.5. The zero-order chi connectivity index (χ0) is 22.5. The minimum absolute atomic E-state index is 0.0250. The van der Waals surface area contributed by atoms with Crippen molar-refractivity contribution in [2.45, 2.75) is 0 Å². The van der Waals surface area contributed by atoms with Gasteiger partial charge in [0.2, 0.25) is 11.8 Å². The molecular formula is C15H12Cl2N4O8. The average Bonchev–Trinajstić information content (AvgIpc) is 2.63. The molecule has 0 unspecified atom stereocenters. The third kappa shape index (κ3) is 5.67. The van der Waals surface area contributed by atoms with Crippen LogP contribution >= 0.6 is 23.2 Å². The molecule has 0 radical (unpaired) electrons. The first-order valence-corrected chi connectivity index (χ1v) is 7.94. The summed E-state index contributed by atoms with van der Waals surface area (Å²) < 4.78 is 4.78. The molecule has 0 fully saturated rings. The highest BCUT2D eigenvalue weighted by molar-refractivity contribution is 6.34. The summed E-state index contributed by atoms with van der Waals surface area (Å²) in [6.07, 6.45) is 0. The normalized spacial score (nSPS) is 9.76. The minimum atomic E-state index is -0.875. The summed E-state index contributed by atoms with van der Waals surface area (Å²) in [5.41, 5.74) is 8.72. The number of hydrogen-bond acceptors (Lipinski definition) is 8. The van der Waals surface area contributed by atoms with Gasteiger partial charge in [0.1, 0.15) is 11.5 Å². The van der Waals surface area contributed by atoms with Crippen molar-refractivity contribution in [3.63, 3.8) is 0 Å². The number of nitro groups is 2. The Morgan fingerprint density at radius 1 is 0.931 bits per heavy atom. The third-order valence-electron chi connectivity index (χ3n) is 3.24. The van der Waals surface area contributed by atoms with Gasteiger partial charge in [-0.15, -0.1) is 0 Å². The number of amides is 2. The number of methoxy groups -OCH3 is 1. The van der Waals surface area contributed by atoms with Gasteiger partial charge in [-0.1, -0.05) is 23.2 Å². The molecular weight excluding hydrogens is 435 g/mol. The lowest BCUT2D eigenvalue weighted by Gasteiger charge is -2.05. The summed E-state index contributed by atoms with van der Waals surface area (Å²) in [6, 6.07) is 4.13. The van der Waals surface area contributed by atoms with Crippen molar-refractivity contribution in [3.05, 3.63) is 65.7 Å². The first-order valence-electron chi connectivity index (χ1n) is 7.19. The fraction of sp³-hybridized carbons (Fsp3) is 0.0667. The van der Waals surface area contributed by atoms with Crippen LogP contribution in [0.1, 0.15) is 20.7 Å². The molecule has 154 valence electrons. The Balaban J connectivity index is 0.000000291. The van der Waals surface area contributed by atoms with Crippen molar-refractivity contribution in [2.75, 3.05) is 7.11 Å². The molecule has 0 spiro atoms. The summed E-state index contributed by atoms with van der Waals surface area (Å²) in [6.45, 7) is 0. The molecule has 0 heterocycles. The molecule has 0 aliphatic carbocycles. The zero-order valence-electron chi connectivity index (χ0n) is 14.4. The van der Waals surface area contributed by atoms with E-state index in [1.807, 2.05) is 0 Å². The summed E-state index contributed by atoms with van der Waals surface area (Å²) in [5.74, 6) is -2.16. The average molecular weight is 447 g/mol. The molecule has 0 aromatic heterocycles. The van der Waals surface area contributed by atoms with Crippen molar-refractivity contribution in [3.8, 4) is 11.5 Å². The number of nitrogens with zero attached hydrogens (tertiary/aromatic N) is 2. The number of halogens is 2. The Bertz CT molecular complexity index is 1010. The summed E-state index contributed by atoms with van der Waals surface area (Å²) in [4.78, 5) is 41.0. The monoisotopic (exact) mass is 446 g/mol. The zero-order valence-corrected chi connectivity index (χ0v) is 15.9. The smallest absolute Gasteiger partial charge is 0.292 e. The standard InChI is InChI=1S/C8H7ClN2O4.C7H5ClN2O4/c1-15-6-3-4(8(10)12)2-5(7(6)9)11(13)14;8-6-4(10(13)14)1-3(7(9)12)2-5(6)11/h2-3H,1H3,(H2,10,12);1-2,11H,(H2,9,12). The van der Waals surface area contributed by atoms with Crippen LogP contribution in [0.15, 0.2) is 24.3 Å². The van der Waals surface area contributed by atoms with Crippen molar-refractivity contribution >= 4 is 46.4 Å². The molecule has 0 bridgehead atoms. The van der Waals surface area contributed by atoms with Gasteiger partial charge in [-0.25, -0.2) is 0 Å². The maximum absolute atomic E-state index is 10.9. The summed E-state index contributed by atoms with van der Waals surface area (Å²) >= 11 is 11.1. The lowest BCUT2D eigenvalue weighted by Crippen LogP contribution is -2.11. The number of nitrogens with two attached hydrogens (primary N) is 2. The lowest BCUT2D eigenvalue weighted by atomic mass is 10.2. The quantitative estimate of drug-likeness (QED) is 0.458. The Labute approximate surface area is 171 Å². The van der Waals surface area contributed by atoms with Gasteiger partial charge >= 0.3 is 0 Å². The number of carbonyl (C=O) groups is 2. The number of carbonyl (C=O) groups excluding carboxylic acids is 2. The van der Waals surface area contributed by atoms with E-state index in [1.54, 1.807) is 0 Å². The number of aromatic hydroxyl groups is 1. The molecule has 5 N–H and O–H groups in total. The van der Waals surface area contributed by atoms with Gasteiger partial charge in [0.25, 0.3) is 11.4 Å². The first kappa shape index (κ1) is 23.4. The van der Waals surface area contributed by atoms with Crippen molar-refractivity contribution in [1.82, 2.24) is 0 Å². The molecule has 14 heteroatoms. The van der Waals surface area contributed by atoms with Crippen LogP contribution in [0.25, 0.3) is 0 Å². The second kappa shape index (κ2) is 9.52. The van der Waals surface area contributed by atoms with Gasteiger partial charge in [-0.3, -0.25) is 29.8 Å². The predicted octanol–water partition coefficient (Wildman–Crippen LogP) is 2.41. The number of nitro benzene ring substituents is 2. The van der Waals surface area contributed by atoms with Crippen LogP contribution in [0.3, 0.4) is 0 Å². The number of hydrogen-bond donors (Lipinski definition) is 3. The van der Waals surface area contributed by atoms with E-state index >= 15 is 0 Å². The highest BCUT2D eigenvalue weighted by Crippen LogP contribution is 2.35. The Kier molecular flexibility index (Phi) is 7.68. The first-order chi connectivity index (χ1) is 13.4. The summed E-state index contributed by atoms with van der Waals surface area (Å²) in [7, 11) is 1.29.